The van der Waals surface area contributed by atoms with Gasteiger partial charge in [-0.15, -0.1) is 0 Å². The highest BCUT2D eigenvalue weighted by Crippen LogP contribution is 2.30. The number of nitrogens with zero attached hydrogens (tertiary/aromatic N) is 2. The maximum Gasteiger partial charge on any atom is 0.335 e. The largest absolute Gasteiger partial charge is 0.478 e. The van der Waals surface area contributed by atoms with E-state index in [-0.39, 0.29) is 10.5 Å². The van der Waals surface area contributed by atoms with E-state index in [1.807, 2.05) is 39.1 Å². The molecule has 144 valence electrons. The van der Waals surface area contributed by atoms with Crippen molar-refractivity contribution in [1.82, 2.24) is 9.21 Å². The van der Waals surface area contributed by atoms with E-state index in [2.05, 4.69) is 4.90 Å². The molecule has 0 unspecified atom stereocenters. The van der Waals surface area contributed by atoms with Gasteiger partial charge in [0.1, 0.15) is 0 Å². The second-order valence-electron chi connectivity index (χ2n) is 7.08. The Kier molecular flexibility index (Phi) is 5.37. The minimum absolute atomic E-state index is 0.0268. The fourth-order valence-corrected chi connectivity index (χ4v) is 4.75. The normalized spacial score (nSPS) is 16.4. The number of piperazine rings is 1. The van der Waals surface area contributed by atoms with Gasteiger partial charge in [-0.1, -0.05) is 23.8 Å². The number of aryl methyl sites for hydroxylation is 2. The van der Waals surface area contributed by atoms with Crippen molar-refractivity contribution in [2.24, 2.45) is 0 Å². The Balaban J connectivity index is 2.12. The van der Waals surface area contributed by atoms with E-state index < -0.39 is 16.0 Å². The monoisotopic (exact) mass is 388 g/mol. The van der Waals surface area contributed by atoms with E-state index in [0.29, 0.717) is 31.7 Å². The first-order valence-corrected chi connectivity index (χ1v) is 10.3. The molecule has 0 aliphatic carbocycles. The summed E-state index contributed by atoms with van der Waals surface area (Å²) in [4.78, 5) is 13.7. The third-order valence-electron chi connectivity index (χ3n) is 4.96. The number of carboxylic acid groups (broad SMARTS) is 1. The highest BCUT2D eigenvalue weighted by molar-refractivity contribution is 7.89. The van der Waals surface area contributed by atoms with Crippen LogP contribution in [0.1, 0.15) is 21.5 Å². The lowest BCUT2D eigenvalue weighted by Crippen LogP contribution is -2.47. The number of benzene rings is 2. The molecule has 2 aromatic rings. The Hall–Kier alpha value is -2.22. The molecule has 2 aromatic carbocycles. The first kappa shape index (κ1) is 19.5. The predicted octanol–water partition coefficient (Wildman–Crippen LogP) is 2.60. The highest BCUT2D eigenvalue weighted by atomic mass is 32.2. The zero-order chi connectivity index (χ0) is 19.8. The van der Waals surface area contributed by atoms with Crippen molar-refractivity contribution in [2.75, 3.05) is 33.2 Å². The topological polar surface area (TPSA) is 77.9 Å². The van der Waals surface area contributed by atoms with Crippen LogP contribution in [0.2, 0.25) is 0 Å². The first-order valence-electron chi connectivity index (χ1n) is 8.83. The Morgan fingerprint density at radius 1 is 1.00 bits per heavy atom. The minimum atomic E-state index is -3.75. The number of aromatic carboxylic acids is 1. The number of hydrogen-bond donors (Lipinski definition) is 1. The van der Waals surface area contributed by atoms with E-state index in [4.69, 9.17) is 0 Å². The van der Waals surface area contributed by atoms with Gasteiger partial charge >= 0.3 is 5.97 Å². The zero-order valence-electron chi connectivity index (χ0n) is 15.8. The number of carbonyl (C=O) groups is 1. The summed E-state index contributed by atoms with van der Waals surface area (Å²) in [6.07, 6.45) is 0. The van der Waals surface area contributed by atoms with Crippen LogP contribution in [0.4, 0.5) is 0 Å². The third-order valence-corrected chi connectivity index (χ3v) is 6.83. The van der Waals surface area contributed by atoms with Gasteiger partial charge in [0.2, 0.25) is 10.0 Å². The van der Waals surface area contributed by atoms with E-state index in [1.165, 1.54) is 16.4 Å². The molecule has 1 heterocycles. The molecule has 0 atom stereocenters. The summed E-state index contributed by atoms with van der Waals surface area (Å²) in [5.41, 5.74) is 3.41. The first-order chi connectivity index (χ1) is 12.7. The van der Waals surface area contributed by atoms with Crippen molar-refractivity contribution >= 4 is 16.0 Å². The maximum absolute atomic E-state index is 13.1. The average Bonchev–Trinajstić information content (AvgIpc) is 2.63. The second-order valence-corrected chi connectivity index (χ2v) is 9.01. The van der Waals surface area contributed by atoms with Gasteiger partial charge in [-0.3, -0.25) is 0 Å². The van der Waals surface area contributed by atoms with Crippen LogP contribution in [0.3, 0.4) is 0 Å². The Morgan fingerprint density at radius 3 is 2.30 bits per heavy atom. The number of carboxylic acids is 1. The molecular formula is C20H24N2O4S. The fourth-order valence-electron chi connectivity index (χ4n) is 3.25. The lowest BCUT2D eigenvalue weighted by Gasteiger charge is -2.31. The van der Waals surface area contributed by atoms with Gasteiger partial charge < -0.3 is 10.0 Å². The molecule has 1 aliphatic heterocycles. The van der Waals surface area contributed by atoms with Crippen LogP contribution in [0.5, 0.6) is 0 Å². The Bertz CT molecular complexity index is 977. The summed E-state index contributed by atoms with van der Waals surface area (Å²) >= 11 is 0. The van der Waals surface area contributed by atoms with Crippen LogP contribution in [-0.2, 0) is 10.0 Å². The van der Waals surface area contributed by atoms with Crippen molar-refractivity contribution in [3.8, 4) is 11.1 Å². The van der Waals surface area contributed by atoms with Crippen molar-refractivity contribution in [3.63, 3.8) is 0 Å². The highest BCUT2D eigenvalue weighted by Gasteiger charge is 2.28. The summed E-state index contributed by atoms with van der Waals surface area (Å²) in [5.74, 6) is -1.14. The maximum atomic E-state index is 13.1. The standard InChI is InChI=1S/C20H24N2O4S/c1-14-4-5-15(2)19(10-14)16-11-17(20(23)24)13-18(12-16)27(25,26)22-8-6-21(3)7-9-22/h4-5,10-13H,6-9H2,1-3H3,(H,23,24). The molecular weight excluding hydrogens is 364 g/mol. The van der Waals surface area contributed by atoms with Crippen LogP contribution in [-0.4, -0.2) is 61.9 Å². The third kappa shape index (κ3) is 4.05. The van der Waals surface area contributed by atoms with Gasteiger partial charge in [-0.05, 0) is 55.8 Å². The van der Waals surface area contributed by atoms with Crippen LogP contribution in [0, 0.1) is 13.8 Å². The number of rotatable bonds is 4. The molecule has 0 radical (unpaired) electrons. The smallest absolute Gasteiger partial charge is 0.335 e. The summed E-state index contributed by atoms with van der Waals surface area (Å²) in [5, 5.41) is 9.50. The second kappa shape index (κ2) is 7.42. The molecule has 1 aliphatic rings. The Labute approximate surface area is 160 Å². The van der Waals surface area contributed by atoms with Gasteiger partial charge in [0.05, 0.1) is 10.5 Å². The van der Waals surface area contributed by atoms with Crippen LogP contribution in [0.25, 0.3) is 11.1 Å². The zero-order valence-corrected chi connectivity index (χ0v) is 16.6. The van der Waals surface area contributed by atoms with E-state index in [1.54, 1.807) is 6.07 Å². The van der Waals surface area contributed by atoms with Crippen molar-refractivity contribution in [3.05, 3.63) is 53.1 Å². The number of hydrogen-bond acceptors (Lipinski definition) is 4. The lowest BCUT2D eigenvalue weighted by atomic mass is 9.97. The van der Waals surface area contributed by atoms with Crippen molar-refractivity contribution < 1.29 is 18.3 Å². The molecule has 0 saturated carbocycles. The molecule has 0 bridgehead atoms. The quantitative estimate of drug-likeness (QED) is 0.871. The number of sulfonamides is 1. The average molecular weight is 388 g/mol. The molecule has 1 N–H and O–H groups in total. The molecule has 0 aromatic heterocycles. The Morgan fingerprint density at radius 2 is 1.67 bits per heavy atom. The molecule has 27 heavy (non-hydrogen) atoms. The van der Waals surface area contributed by atoms with E-state index in [0.717, 1.165) is 16.7 Å². The summed E-state index contributed by atoms with van der Waals surface area (Å²) < 4.78 is 27.7. The van der Waals surface area contributed by atoms with Gasteiger partial charge in [-0.25, -0.2) is 13.2 Å². The van der Waals surface area contributed by atoms with E-state index >= 15 is 0 Å². The number of likely N-dealkylation sites (N-methyl/N-ethyl adjacent to an activating group) is 1. The fraction of sp³-hybridized carbons (Fsp3) is 0.350. The molecule has 1 fully saturated rings. The minimum Gasteiger partial charge on any atom is -0.478 e. The van der Waals surface area contributed by atoms with Crippen LogP contribution in [0.15, 0.2) is 41.3 Å². The SMILES string of the molecule is Cc1ccc(C)c(-c2cc(C(=O)O)cc(S(=O)(=O)N3CCN(C)CC3)c2)c1. The molecule has 1 saturated heterocycles. The predicted molar refractivity (Wildman–Crippen MR) is 105 cm³/mol. The van der Waals surface area contributed by atoms with Crippen LogP contribution < -0.4 is 0 Å². The van der Waals surface area contributed by atoms with Gasteiger partial charge in [0, 0.05) is 26.2 Å². The summed E-state index contributed by atoms with van der Waals surface area (Å²) in [6, 6.07) is 10.2. The van der Waals surface area contributed by atoms with Gasteiger partial charge in [0.15, 0.2) is 0 Å². The van der Waals surface area contributed by atoms with E-state index in [9.17, 15) is 18.3 Å². The molecule has 0 spiro atoms. The summed E-state index contributed by atoms with van der Waals surface area (Å²) in [6.45, 7) is 5.98. The van der Waals surface area contributed by atoms with Crippen molar-refractivity contribution in [1.29, 1.82) is 0 Å². The molecule has 3 rings (SSSR count). The lowest BCUT2D eigenvalue weighted by molar-refractivity contribution is 0.0696. The van der Waals surface area contributed by atoms with Gasteiger partial charge in [-0.2, -0.15) is 4.31 Å². The molecule has 7 heteroatoms. The molecule has 6 nitrogen and oxygen atoms in total. The van der Waals surface area contributed by atoms with Gasteiger partial charge in [0.25, 0.3) is 0 Å². The van der Waals surface area contributed by atoms with Crippen LogP contribution >= 0.6 is 0 Å². The van der Waals surface area contributed by atoms with Crippen molar-refractivity contribution in [2.45, 2.75) is 18.7 Å². The molecule has 0 amide bonds. The summed E-state index contributed by atoms with van der Waals surface area (Å²) in [7, 11) is -1.80.